The van der Waals surface area contributed by atoms with E-state index in [9.17, 15) is 10.4 Å². The number of imidazole rings is 1. The van der Waals surface area contributed by atoms with E-state index >= 15 is 0 Å². The van der Waals surface area contributed by atoms with Gasteiger partial charge < -0.3 is 10.0 Å². The standard InChI is InChI=1S/C26H35N5O/c1-3-7-21-16-22(17-25(24(21)18-27)29-13-5-4-6-14-29)31(30-15-12-28-20-30)19-26(2)10-8-23(32)9-11-26/h8,10,12,15-17,20,23,32H,3-7,9,11,13-14,19H2,1-2H3. The molecule has 1 fully saturated rings. The predicted molar refractivity (Wildman–Crippen MR) is 129 cm³/mol. The normalized spacial score (nSPS) is 23.2. The van der Waals surface area contributed by atoms with E-state index in [0.29, 0.717) is 0 Å². The van der Waals surface area contributed by atoms with Gasteiger partial charge in [0.05, 0.1) is 23.0 Å². The molecule has 1 aliphatic carbocycles. The maximum atomic E-state index is 10.1. The lowest BCUT2D eigenvalue weighted by atomic mass is 9.79. The van der Waals surface area contributed by atoms with Crippen LogP contribution in [0.5, 0.6) is 0 Å². The van der Waals surface area contributed by atoms with Crippen molar-refractivity contribution in [3.05, 3.63) is 54.1 Å². The molecule has 32 heavy (non-hydrogen) atoms. The van der Waals surface area contributed by atoms with Gasteiger partial charge in [0, 0.05) is 37.4 Å². The summed E-state index contributed by atoms with van der Waals surface area (Å²) >= 11 is 0. The predicted octanol–water partition coefficient (Wildman–Crippen LogP) is 4.68. The van der Waals surface area contributed by atoms with Crippen molar-refractivity contribution in [3.63, 3.8) is 0 Å². The first-order valence-electron chi connectivity index (χ1n) is 12.0. The fourth-order valence-corrected chi connectivity index (χ4v) is 4.97. The zero-order valence-corrected chi connectivity index (χ0v) is 19.4. The third kappa shape index (κ3) is 4.83. The van der Waals surface area contributed by atoms with Gasteiger partial charge in [-0.1, -0.05) is 32.4 Å². The molecule has 2 heterocycles. The number of hydrogen-bond acceptors (Lipinski definition) is 5. The van der Waals surface area contributed by atoms with Crippen LogP contribution < -0.4 is 9.91 Å². The molecule has 2 atom stereocenters. The van der Waals surface area contributed by atoms with Crippen molar-refractivity contribution >= 4 is 11.4 Å². The van der Waals surface area contributed by atoms with E-state index in [-0.39, 0.29) is 11.5 Å². The minimum Gasteiger partial charge on any atom is -0.389 e. The summed E-state index contributed by atoms with van der Waals surface area (Å²) < 4.78 is 2.04. The Labute approximate surface area is 191 Å². The molecule has 1 saturated heterocycles. The Morgan fingerprint density at radius 1 is 1.28 bits per heavy atom. The van der Waals surface area contributed by atoms with E-state index < -0.39 is 0 Å². The lowest BCUT2D eigenvalue weighted by molar-refractivity contribution is 0.175. The quantitative estimate of drug-likeness (QED) is 0.642. The Balaban J connectivity index is 1.79. The van der Waals surface area contributed by atoms with Crippen LogP contribution in [0.4, 0.5) is 11.4 Å². The topological polar surface area (TPSA) is 68.3 Å². The molecule has 0 spiro atoms. The highest BCUT2D eigenvalue weighted by molar-refractivity contribution is 5.70. The van der Waals surface area contributed by atoms with E-state index in [1.54, 1.807) is 6.20 Å². The number of anilines is 2. The number of aliphatic hydroxyl groups is 1. The first kappa shape index (κ1) is 22.4. The minimum atomic E-state index is -0.346. The number of hydrogen-bond donors (Lipinski definition) is 1. The molecule has 0 radical (unpaired) electrons. The van der Waals surface area contributed by atoms with Gasteiger partial charge in [-0.3, -0.25) is 5.01 Å². The molecule has 0 amide bonds. The Morgan fingerprint density at radius 2 is 2.09 bits per heavy atom. The first-order chi connectivity index (χ1) is 15.5. The van der Waals surface area contributed by atoms with Gasteiger partial charge in [0.25, 0.3) is 0 Å². The van der Waals surface area contributed by atoms with Crippen LogP contribution in [0.2, 0.25) is 0 Å². The van der Waals surface area contributed by atoms with Crippen LogP contribution in [-0.4, -0.2) is 40.5 Å². The van der Waals surface area contributed by atoms with Crippen molar-refractivity contribution in [3.8, 4) is 6.07 Å². The summed E-state index contributed by atoms with van der Waals surface area (Å²) in [7, 11) is 0. The number of piperidine rings is 1. The van der Waals surface area contributed by atoms with Crippen LogP contribution in [0, 0.1) is 16.7 Å². The van der Waals surface area contributed by atoms with Gasteiger partial charge in [0.1, 0.15) is 12.4 Å². The number of aliphatic hydroxyl groups excluding tert-OH is 1. The molecule has 170 valence electrons. The average Bonchev–Trinajstić information content (AvgIpc) is 3.35. The molecule has 1 aromatic carbocycles. The molecule has 2 aromatic rings. The summed E-state index contributed by atoms with van der Waals surface area (Å²) in [5.74, 6) is 0. The van der Waals surface area contributed by atoms with Gasteiger partial charge in [-0.2, -0.15) is 5.26 Å². The van der Waals surface area contributed by atoms with Crippen LogP contribution in [0.1, 0.15) is 63.5 Å². The number of benzene rings is 1. The van der Waals surface area contributed by atoms with Crippen LogP contribution >= 0.6 is 0 Å². The molecular formula is C26H35N5O. The fraction of sp³-hybridized carbons (Fsp3) is 0.538. The summed E-state index contributed by atoms with van der Waals surface area (Å²) in [5, 5.41) is 22.3. The van der Waals surface area contributed by atoms with Crippen LogP contribution in [0.3, 0.4) is 0 Å². The molecule has 2 unspecified atom stereocenters. The summed E-state index contributed by atoms with van der Waals surface area (Å²) in [4.78, 5) is 6.70. The number of rotatable bonds is 7. The molecule has 1 aromatic heterocycles. The van der Waals surface area contributed by atoms with Gasteiger partial charge in [0.15, 0.2) is 0 Å². The third-order valence-electron chi connectivity index (χ3n) is 6.82. The zero-order valence-electron chi connectivity index (χ0n) is 19.4. The van der Waals surface area contributed by atoms with E-state index in [1.807, 2.05) is 23.3 Å². The lowest BCUT2D eigenvalue weighted by Gasteiger charge is -2.38. The van der Waals surface area contributed by atoms with E-state index in [2.05, 4.69) is 53.0 Å². The SMILES string of the molecule is CCCc1cc(N(CC2(C)C=CC(O)CC2)n2ccnc2)cc(N2CCCCC2)c1C#N. The van der Waals surface area contributed by atoms with Crippen molar-refractivity contribution in [2.45, 2.75) is 64.9 Å². The highest BCUT2D eigenvalue weighted by Gasteiger charge is 2.30. The molecule has 1 N–H and O–H groups in total. The molecule has 1 aliphatic heterocycles. The van der Waals surface area contributed by atoms with Crippen molar-refractivity contribution in [2.24, 2.45) is 5.41 Å². The Morgan fingerprint density at radius 3 is 2.72 bits per heavy atom. The van der Waals surface area contributed by atoms with Gasteiger partial charge in [-0.25, -0.2) is 9.66 Å². The number of nitrogens with zero attached hydrogens (tertiary/aromatic N) is 5. The number of aryl methyl sites for hydroxylation is 1. The van der Waals surface area contributed by atoms with Crippen LogP contribution in [-0.2, 0) is 6.42 Å². The summed E-state index contributed by atoms with van der Waals surface area (Å²) in [5.41, 5.74) is 4.05. The second-order valence-corrected chi connectivity index (χ2v) is 9.53. The summed E-state index contributed by atoms with van der Waals surface area (Å²) in [6.07, 6.45) is 16.6. The van der Waals surface area contributed by atoms with Gasteiger partial charge in [-0.15, -0.1) is 0 Å². The maximum Gasteiger partial charge on any atom is 0.114 e. The largest absolute Gasteiger partial charge is 0.389 e. The van der Waals surface area contributed by atoms with Gasteiger partial charge in [0.2, 0.25) is 0 Å². The Hall–Kier alpha value is -2.78. The number of aromatic nitrogens is 2. The Bertz CT molecular complexity index is 971. The molecule has 0 bridgehead atoms. The molecule has 0 saturated carbocycles. The highest BCUT2D eigenvalue weighted by atomic mass is 16.3. The highest BCUT2D eigenvalue weighted by Crippen LogP contribution is 2.37. The Kier molecular flexibility index (Phi) is 6.86. The minimum absolute atomic E-state index is 0.0619. The van der Waals surface area contributed by atoms with Crippen molar-refractivity contribution in [2.75, 3.05) is 29.5 Å². The summed E-state index contributed by atoms with van der Waals surface area (Å²) in [6.45, 7) is 7.20. The van der Waals surface area contributed by atoms with Crippen LogP contribution in [0.25, 0.3) is 0 Å². The molecule has 4 rings (SSSR count). The third-order valence-corrected chi connectivity index (χ3v) is 6.82. The second-order valence-electron chi connectivity index (χ2n) is 9.53. The molecule has 2 aliphatic rings. The fourth-order valence-electron chi connectivity index (χ4n) is 4.97. The lowest BCUT2D eigenvalue weighted by Crippen LogP contribution is -2.40. The van der Waals surface area contributed by atoms with E-state index in [0.717, 1.165) is 67.8 Å². The van der Waals surface area contributed by atoms with E-state index in [1.165, 1.54) is 19.3 Å². The first-order valence-corrected chi connectivity index (χ1v) is 12.0. The average molecular weight is 434 g/mol. The van der Waals surface area contributed by atoms with Gasteiger partial charge >= 0.3 is 0 Å². The zero-order chi connectivity index (χ0) is 22.6. The molecule has 6 heteroatoms. The van der Waals surface area contributed by atoms with Crippen LogP contribution in [0.15, 0.2) is 43.0 Å². The van der Waals surface area contributed by atoms with Crippen molar-refractivity contribution < 1.29 is 5.11 Å². The van der Waals surface area contributed by atoms with Crippen molar-refractivity contribution in [1.29, 1.82) is 5.26 Å². The monoisotopic (exact) mass is 433 g/mol. The smallest absolute Gasteiger partial charge is 0.114 e. The van der Waals surface area contributed by atoms with E-state index in [4.69, 9.17) is 0 Å². The summed E-state index contributed by atoms with van der Waals surface area (Å²) in [6, 6.07) is 6.92. The van der Waals surface area contributed by atoms with Crippen molar-refractivity contribution in [1.82, 2.24) is 9.66 Å². The second kappa shape index (κ2) is 9.79. The maximum absolute atomic E-state index is 10.1. The molecular weight excluding hydrogens is 398 g/mol. The van der Waals surface area contributed by atoms with Gasteiger partial charge in [-0.05, 0) is 56.2 Å². The molecule has 6 nitrogen and oxygen atoms in total. The number of nitriles is 1.